The molecule has 0 aromatic heterocycles. The van der Waals surface area contributed by atoms with Crippen LogP contribution in [0.5, 0.6) is 0 Å². The third-order valence-corrected chi connectivity index (χ3v) is 12.8. The molecule has 2 atom stereocenters. The summed E-state index contributed by atoms with van der Waals surface area (Å²) < 4.78 is 34.3. The molecule has 0 aliphatic rings. The van der Waals surface area contributed by atoms with Crippen molar-refractivity contribution in [3.8, 4) is 0 Å². The lowest BCUT2D eigenvalue weighted by atomic mass is 10.0. The van der Waals surface area contributed by atoms with Crippen LogP contribution in [0.4, 0.5) is 0 Å². The summed E-state index contributed by atoms with van der Waals surface area (Å²) >= 11 is 0. The van der Waals surface area contributed by atoms with Crippen molar-refractivity contribution >= 4 is 19.8 Å². The highest BCUT2D eigenvalue weighted by Gasteiger charge is 2.27. The number of allylic oxidation sites excluding steroid dienone is 10. The van der Waals surface area contributed by atoms with E-state index in [0.29, 0.717) is 23.9 Å². The summed E-state index contributed by atoms with van der Waals surface area (Å²) in [6, 6.07) is 0. The van der Waals surface area contributed by atoms with Crippen LogP contribution in [0.2, 0.25) is 0 Å². The molecule has 0 fully saturated rings. The first-order chi connectivity index (χ1) is 32.5. The van der Waals surface area contributed by atoms with Crippen molar-refractivity contribution in [2.24, 2.45) is 0 Å². The van der Waals surface area contributed by atoms with Crippen LogP contribution in [0.15, 0.2) is 60.8 Å². The molecule has 2 unspecified atom stereocenters. The minimum atomic E-state index is -4.37. The van der Waals surface area contributed by atoms with Gasteiger partial charge in [0.1, 0.15) is 19.8 Å². The summed E-state index contributed by atoms with van der Waals surface area (Å²) in [6.45, 7) is 4.29. The van der Waals surface area contributed by atoms with E-state index in [9.17, 15) is 19.0 Å². The predicted molar refractivity (Wildman–Crippen MR) is 284 cm³/mol. The molecule has 1 N–H and O–H groups in total. The Kier molecular flexibility index (Phi) is 47.1. The first-order valence-corrected chi connectivity index (χ1v) is 29.0. The van der Waals surface area contributed by atoms with Gasteiger partial charge in [-0.15, -0.1) is 0 Å². The molecule has 0 spiro atoms. The molecule has 67 heavy (non-hydrogen) atoms. The van der Waals surface area contributed by atoms with E-state index in [1.165, 1.54) is 141 Å². The van der Waals surface area contributed by atoms with E-state index in [2.05, 4.69) is 74.6 Å². The zero-order valence-electron chi connectivity index (χ0n) is 44.1. The Balaban J connectivity index is 3.91. The molecule has 0 aromatic rings. The Morgan fingerprint density at radius 1 is 0.478 bits per heavy atom. The van der Waals surface area contributed by atoms with Crippen molar-refractivity contribution in [3.63, 3.8) is 0 Å². The number of phosphoric acid groups is 1. The largest absolute Gasteiger partial charge is 0.472 e. The topological polar surface area (TPSA) is 108 Å². The van der Waals surface area contributed by atoms with E-state index in [1.807, 2.05) is 21.1 Å². The molecule has 0 aromatic carbocycles. The molecule has 390 valence electrons. The highest BCUT2D eigenvalue weighted by Crippen LogP contribution is 2.43. The summed E-state index contributed by atoms with van der Waals surface area (Å²) in [5.74, 6) is -0.795. The fourth-order valence-electron chi connectivity index (χ4n) is 7.57. The van der Waals surface area contributed by atoms with Gasteiger partial charge in [0.05, 0.1) is 27.7 Å². The minimum Gasteiger partial charge on any atom is -0.462 e. The zero-order valence-corrected chi connectivity index (χ0v) is 45.0. The number of hydrogen-bond donors (Lipinski definition) is 1. The highest BCUT2D eigenvalue weighted by molar-refractivity contribution is 7.47. The van der Waals surface area contributed by atoms with Crippen LogP contribution < -0.4 is 0 Å². The van der Waals surface area contributed by atoms with Crippen molar-refractivity contribution in [2.45, 2.75) is 245 Å². The second kappa shape index (κ2) is 48.7. The Hall–Kier alpha value is -2.29. The molecule has 0 bridgehead atoms. The van der Waals surface area contributed by atoms with Crippen molar-refractivity contribution < 1.29 is 42.1 Å². The molecule has 0 radical (unpaired) electrons. The smallest absolute Gasteiger partial charge is 0.462 e. The summed E-state index contributed by atoms with van der Waals surface area (Å²) in [5, 5.41) is 0. The molecule has 0 heterocycles. The lowest BCUT2D eigenvalue weighted by Crippen LogP contribution is -2.37. The monoisotopic (exact) mass is 963 g/mol. The minimum absolute atomic E-state index is 0.0329. The number of quaternary nitrogens is 1. The second-order valence-corrected chi connectivity index (χ2v) is 21.0. The van der Waals surface area contributed by atoms with Gasteiger partial charge in [-0.25, -0.2) is 4.57 Å². The number of phosphoric ester groups is 1. The number of likely N-dealkylation sites (N-methyl/N-ethyl adjacent to an activating group) is 1. The average molecular weight is 963 g/mol. The number of carbonyl (C=O) groups excluding carboxylic acids is 2. The Labute approximate surface area is 413 Å². The fraction of sp³-hybridized carbons (Fsp3) is 0.789. The van der Waals surface area contributed by atoms with Crippen molar-refractivity contribution in [2.75, 3.05) is 47.5 Å². The van der Waals surface area contributed by atoms with Crippen LogP contribution in [0.1, 0.15) is 239 Å². The molecule has 0 aliphatic carbocycles. The molecule has 9 nitrogen and oxygen atoms in total. The van der Waals surface area contributed by atoms with E-state index in [4.69, 9.17) is 18.5 Å². The third kappa shape index (κ3) is 52.9. The van der Waals surface area contributed by atoms with Gasteiger partial charge in [-0.3, -0.25) is 18.6 Å². The number of nitrogens with zero attached hydrogens (tertiary/aromatic N) is 1. The molecule has 0 aliphatic heterocycles. The van der Waals surface area contributed by atoms with Gasteiger partial charge in [0, 0.05) is 12.8 Å². The summed E-state index contributed by atoms with van der Waals surface area (Å²) in [7, 11) is 1.48. The van der Waals surface area contributed by atoms with Gasteiger partial charge >= 0.3 is 19.8 Å². The van der Waals surface area contributed by atoms with E-state index in [0.717, 1.165) is 64.2 Å². The molecule has 0 rings (SSSR count). The van der Waals surface area contributed by atoms with Gasteiger partial charge in [0.15, 0.2) is 6.10 Å². The van der Waals surface area contributed by atoms with Crippen LogP contribution in [-0.2, 0) is 32.7 Å². The molecule has 0 saturated heterocycles. The first kappa shape index (κ1) is 64.7. The quantitative estimate of drug-likeness (QED) is 0.0211. The normalized spacial score (nSPS) is 13.8. The molecule has 0 saturated carbocycles. The lowest BCUT2D eigenvalue weighted by Gasteiger charge is -2.24. The van der Waals surface area contributed by atoms with Crippen LogP contribution in [-0.4, -0.2) is 74.9 Å². The van der Waals surface area contributed by atoms with Crippen LogP contribution in [0.3, 0.4) is 0 Å². The van der Waals surface area contributed by atoms with Crippen LogP contribution in [0, 0.1) is 0 Å². The van der Waals surface area contributed by atoms with E-state index in [1.54, 1.807) is 0 Å². The number of hydrogen-bond acceptors (Lipinski definition) is 7. The second-order valence-electron chi connectivity index (χ2n) is 19.6. The molecule has 0 amide bonds. The van der Waals surface area contributed by atoms with E-state index in [-0.39, 0.29) is 25.6 Å². The SMILES string of the molecule is CC/C=C\C/C=C\C/C=C\C/C=C\C/C=C\CCCCCCCCCCCCCCCCCCCCCC(=O)OC(COC(=O)CCCCCCCCCC)COP(=O)(O)OCC[N+](C)(C)C. The molecular weight excluding hydrogens is 858 g/mol. The van der Waals surface area contributed by atoms with Crippen molar-refractivity contribution in [1.29, 1.82) is 0 Å². The molecular formula is C57H105NO8P+. The summed E-state index contributed by atoms with van der Waals surface area (Å²) in [4.78, 5) is 35.4. The Bertz CT molecular complexity index is 1320. The van der Waals surface area contributed by atoms with Gasteiger partial charge < -0.3 is 18.9 Å². The van der Waals surface area contributed by atoms with Gasteiger partial charge in [-0.05, 0) is 57.8 Å². The van der Waals surface area contributed by atoms with Gasteiger partial charge in [-0.1, -0.05) is 229 Å². The van der Waals surface area contributed by atoms with Gasteiger partial charge in [-0.2, -0.15) is 0 Å². The number of carbonyl (C=O) groups is 2. The van der Waals surface area contributed by atoms with Crippen LogP contribution in [0.25, 0.3) is 0 Å². The van der Waals surface area contributed by atoms with Crippen LogP contribution >= 0.6 is 7.82 Å². The fourth-order valence-corrected chi connectivity index (χ4v) is 8.31. The standard InChI is InChI=1S/C57H104NO8P/c1-6-8-10-12-14-16-17-18-19-20-21-22-23-24-25-26-27-28-29-30-31-32-33-34-35-36-37-38-39-40-41-42-44-46-48-50-57(60)66-55(54-65-67(61,62)64-52-51-58(3,4)5)53-63-56(59)49-47-45-43-15-13-11-9-7-2/h8,10,14,16,18-19,21-22,24-25,55H,6-7,9,11-13,15,17,20,23,26-54H2,1-5H3/p+1/b10-8-,16-14-,19-18-,22-21-,25-24-. The van der Waals surface area contributed by atoms with Gasteiger partial charge in [0.2, 0.25) is 0 Å². The number of rotatable bonds is 50. The Morgan fingerprint density at radius 2 is 0.851 bits per heavy atom. The number of ether oxygens (including phenoxy) is 2. The Morgan fingerprint density at radius 3 is 1.27 bits per heavy atom. The maximum atomic E-state index is 12.7. The highest BCUT2D eigenvalue weighted by atomic mass is 31.2. The molecule has 10 heteroatoms. The average Bonchev–Trinajstić information content (AvgIpc) is 3.29. The van der Waals surface area contributed by atoms with Crippen molar-refractivity contribution in [1.82, 2.24) is 0 Å². The predicted octanol–water partition coefficient (Wildman–Crippen LogP) is 16.8. The zero-order chi connectivity index (χ0) is 49.2. The summed E-state index contributed by atoms with van der Waals surface area (Å²) in [5.41, 5.74) is 0. The van der Waals surface area contributed by atoms with Crippen molar-refractivity contribution in [3.05, 3.63) is 60.8 Å². The van der Waals surface area contributed by atoms with E-state index >= 15 is 0 Å². The lowest BCUT2D eigenvalue weighted by molar-refractivity contribution is -0.870. The maximum Gasteiger partial charge on any atom is 0.472 e. The van der Waals surface area contributed by atoms with Gasteiger partial charge in [0.25, 0.3) is 0 Å². The maximum absolute atomic E-state index is 12.7. The third-order valence-electron chi connectivity index (χ3n) is 11.8. The first-order valence-electron chi connectivity index (χ1n) is 27.5. The van der Waals surface area contributed by atoms with E-state index < -0.39 is 26.5 Å². The summed E-state index contributed by atoms with van der Waals surface area (Å²) in [6.07, 6.45) is 61.8. The number of unbranched alkanes of at least 4 members (excludes halogenated alkanes) is 26. The number of esters is 2.